The van der Waals surface area contributed by atoms with Crippen molar-refractivity contribution in [2.24, 2.45) is 0 Å². The lowest BCUT2D eigenvalue weighted by Gasteiger charge is -2.21. The smallest absolute Gasteiger partial charge is 0.138 e. The second-order valence-electron chi connectivity index (χ2n) is 5.84. The lowest BCUT2D eigenvalue weighted by Crippen LogP contribution is -2.22. The summed E-state index contributed by atoms with van der Waals surface area (Å²) < 4.78 is 0. The van der Waals surface area contributed by atoms with Crippen molar-refractivity contribution in [1.29, 1.82) is 0 Å². The van der Waals surface area contributed by atoms with Gasteiger partial charge in [0.2, 0.25) is 0 Å². The van der Waals surface area contributed by atoms with Crippen molar-refractivity contribution in [3.63, 3.8) is 0 Å². The number of fused-ring (bicyclic) bond motifs is 1. The van der Waals surface area contributed by atoms with Gasteiger partial charge >= 0.3 is 0 Å². The Hall–Kier alpha value is -2.21. The molecule has 3 aromatic rings. The highest BCUT2D eigenvalue weighted by Crippen LogP contribution is 2.26. The van der Waals surface area contributed by atoms with Crippen molar-refractivity contribution in [3.8, 4) is 0 Å². The fourth-order valence-corrected chi connectivity index (χ4v) is 3.76. The monoisotopic (exact) mass is 325 g/mol. The predicted molar refractivity (Wildman–Crippen MR) is 95.2 cm³/mol. The van der Waals surface area contributed by atoms with Gasteiger partial charge in [0.15, 0.2) is 0 Å². The number of hydrogen-bond donors (Lipinski definition) is 1. The van der Waals surface area contributed by atoms with E-state index in [1.807, 2.05) is 5.38 Å². The van der Waals surface area contributed by atoms with Crippen LogP contribution in [0.25, 0.3) is 10.2 Å². The van der Waals surface area contributed by atoms with Crippen LogP contribution in [0, 0.1) is 6.92 Å². The van der Waals surface area contributed by atoms with Gasteiger partial charge in [-0.15, -0.1) is 11.3 Å². The summed E-state index contributed by atoms with van der Waals surface area (Å²) in [4.78, 5) is 16.9. The number of anilines is 2. The zero-order chi connectivity index (χ0) is 15.6. The Bertz CT molecular complexity index is 823. The van der Waals surface area contributed by atoms with E-state index in [4.69, 9.17) is 4.98 Å². The molecule has 3 aromatic heterocycles. The van der Waals surface area contributed by atoms with Crippen LogP contribution < -0.4 is 10.2 Å². The second kappa shape index (κ2) is 6.12. The third-order valence-electron chi connectivity index (χ3n) is 4.21. The van der Waals surface area contributed by atoms with Crippen molar-refractivity contribution in [2.45, 2.75) is 26.3 Å². The number of aryl methyl sites for hydroxylation is 1. The minimum atomic E-state index is 0.723. The molecular weight excluding hydrogens is 306 g/mol. The standard InChI is InChI=1S/C17H19N5S/c1-12-4-5-13(16(21-12)22-7-2-3-8-22)10-18-15-14-6-9-23-17(14)20-11-19-15/h4-6,9,11H,2-3,7-8,10H2,1H3,(H,18,19,20). The minimum absolute atomic E-state index is 0.723. The first-order chi connectivity index (χ1) is 11.3. The molecule has 118 valence electrons. The Kier molecular flexibility index (Phi) is 3.83. The summed E-state index contributed by atoms with van der Waals surface area (Å²) in [7, 11) is 0. The molecule has 0 aliphatic carbocycles. The van der Waals surface area contributed by atoms with Gasteiger partial charge in [0, 0.05) is 30.9 Å². The third-order valence-corrected chi connectivity index (χ3v) is 5.03. The van der Waals surface area contributed by atoms with Crippen molar-refractivity contribution in [1.82, 2.24) is 15.0 Å². The molecule has 0 aromatic carbocycles. The number of nitrogens with zero attached hydrogens (tertiary/aromatic N) is 4. The molecule has 5 nitrogen and oxygen atoms in total. The van der Waals surface area contributed by atoms with Crippen molar-refractivity contribution in [2.75, 3.05) is 23.3 Å². The van der Waals surface area contributed by atoms with Gasteiger partial charge in [-0.1, -0.05) is 6.07 Å². The summed E-state index contributed by atoms with van der Waals surface area (Å²) in [6, 6.07) is 6.32. The zero-order valence-electron chi connectivity index (χ0n) is 13.1. The Labute approximate surface area is 139 Å². The van der Waals surface area contributed by atoms with Gasteiger partial charge in [-0.2, -0.15) is 0 Å². The van der Waals surface area contributed by atoms with Crippen LogP contribution in [-0.4, -0.2) is 28.0 Å². The van der Waals surface area contributed by atoms with Gasteiger partial charge in [0.25, 0.3) is 0 Å². The quantitative estimate of drug-likeness (QED) is 0.794. The fourth-order valence-electron chi connectivity index (χ4n) is 3.02. The van der Waals surface area contributed by atoms with E-state index in [0.717, 1.165) is 47.2 Å². The van der Waals surface area contributed by atoms with E-state index < -0.39 is 0 Å². The fraction of sp³-hybridized carbons (Fsp3) is 0.353. The molecule has 1 fully saturated rings. The van der Waals surface area contributed by atoms with Crippen LogP contribution in [0.3, 0.4) is 0 Å². The van der Waals surface area contributed by atoms with Crippen LogP contribution in [0.1, 0.15) is 24.1 Å². The van der Waals surface area contributed by atoms with Gasteiger partial charge in [-0.25, -0.2) is 15.0 Å². The molecular formula is C17H19N5S. The minimum Gasteiger partial charge on any atom is -0.365 e. The van der Waals surface area contributed by atoms with E-state index in [1.54, 1.807) is 17.7 Å². The first kappa shape index (κ1) is 14.4. The molecule has 1 saturated heterocycles. The molecule has 0 saturated carbocycles. The van der Waals surface area contributed by atoms with Crippen LogP contribution in [0.15, 0.2) is 29.9 Å². The van der Waals surface area contributed by atoms with Crippen LogP contribution in [0.5, 0.6) is 0 Å². The average molecular weight is 325 g/mol. The number of nitrogens with one attached hydrogen (secondary N) is 1. The lowest BCUT2D eigenvalue weighted by atomic mass is 10.2. The van der Waals surface area contributed by atoms with Crippen LogP contribution in [0.4, 0.5) is 11.6 Å². The number of pyridine rings is 1. The zero-order valence-corrected chi connectivity index (χ0v) is 13.9. The highest BCUT2D eigenvalue weighted by atomic mass is 32.1. The summed E-state index contributed by atoms with van der Waals surface area (Å²) in [5.74, 6) is 2.01. The average Bonchev–Trinajstić information content (AvgIpc) is 3.25. The predicted octanol–water partition coefficient (Wildman–Crippen LogP) is 3.61. The van der Waals surface area contributed by atoms with Crippen molar-refractivity contribution >= 4 is 33.2 Å². The highest BCUT2D eigenvalue weighted by Gasteiger charge is 2.17. The van der Waals surface area contributed by atoms with Gasteiger partial charge in [-0.3, -0.25) is 0 Å². The van der Waals surface area contributed by atoms with Crippen molar-refractivity contribution < 1.29 is 0 Å². The summed E-state index contributed by atoms with van der Waals surface area (Å²) in [6.07, 6.45) is 4.13. The van der Waals surface area contributed by atoms with E-state index in [9.17, 15) is 0 Å². The molecule has 0 radical (unpaired) electrons. The van der Waals surface area contributed by atoms with Crippen LogP contribution in [-0.2, 0) is 6.54 Å². The van der Waals surface area contributed by atoms with Gasteiger partial charge in [-0.05, 0) is 37.3 Å². The molecule has 0 unspecified atom stereocenters. The maximum absolute atomic E-state index is 4.77. The maximum Gasteiger partial charge on any atom is 0.138 e. The lowest BCUT2D eigenvalue weighted by molar-refractivity contribution is 0.906. The first-order valence-electron chi connectivity index (χ1n) is 7.95. The topological polar surface area (TPSA) is 53.9 Å². The molecule has 4 rings (SSSR count). The SMILES string of the molecule is Cc1ccc(CNc2ncnc3sccc23)c(N2CCCC2)n1. The van der Waals surface area contributed by atoms with E-state index in [-0.39, 0.29) is 0 Å². The summed E-state index contributed by atoms with van der Waals surface area (Å²) >= 11 is 1.64. The molecule has 0 atom stereocenters. The summed E-state index contributed by atoms with van der Waals surface area (Å²) in [6.45, 7) is 4.98. The maximum atomic E-state index is 4.77. The molecule has 0 bridgehead atoms. The Balaban J connectivity index is 1.60. The number of hydrogen-bond acceptors (Lipinski definition) is 6. The molecule has 23 heavy (non-hydrogen) atoms. The first-order valence-corrected chi connectivity index (χ1v) is 8.83. The molecule has 6 heteroatoms. The molecule has 0 amide bonds. The normalized spacial score (nSPS) is 14.6. The largest absolute Gasteiger partial charge is 0.365 e. The van der Waals surface area contributed by atoms with Gasteiger partial charge in [0.05, 0.1) is 5.39 Å². The van der Waals surface area contributed by atoms with Gasteiger partial charge < -0.3 is 10.2 Å². The summed E-state index contributed by atoms with van der Waals surface area (Å²) in [5.41, 5.74) is 2.29. The highest BCUT2D eigenvalue weighted by molar-refractivity contribution is 7.16. The van der Waals surface area contributed by atoms with Crippen molar-refractivity contribution in [3.05, 3.63) is 41.2 Å². The Morgan fingerprint density at radius 2 is 2.04 bits per heavy atom. The number of thiophene rings is 1. The van der Waals surface area contributed by atoms with Crippen LogP contribution in [0.2, 0.25) is 0 Å². The molecule has 1 aliphatic heterocycles. The summed E-state index contributed by atoms with van der Waals surface area (Å²) in [5, 5.41) is 6.60. The molecule has 1 aliphatic rings. The van der Waals surface area contributed by atoms with Crippen LogP contribution >= 0.6 is 11.3 Å². The molecule has 1 N–H and O–H groups in total. The number of aromatic nitrogens is 3. The van der Waals surface area contributed by atoms with Gasteiger partial charge in [0.1, 0.15) is 22.8 Å². The second-order valence-corrected chi connectivity index (χ2v) is 6.74. The number of rotatable bonds is 4. The van der Waals surface area contributed by atoms with E-state index in [2.05, 4.69) is 45.3 Å². The van der Waals surface area contributed by atoms with E-state index in [1.165, 1.54) is 18.4 Å². The Morgan fingerprint density at radius 1 is 1.17 bits per heavy atom. The van der Waals surface area contributed by atoms with E-state index in [0.29, 0.717) is 0 Å². The Morgan fingerprint density at radius 3 is 2.91 bits per heavy atom. The molecule has 4 heterocycles. The van der Waals surface area contributed by atoms with E-state index >= 15 is 0 Å². The molecule has 0 spiro atoms. The third kappa shape index (κ3) is 2.86.